The van der Waals surface area contributed by atoms with Gasteiger partial charge in [0.1, 0.15) is 17.3 Å². The Morgan fingerprint density at radius 1 is 1.53 bits per heavy atom. The lowest BCUT2D eigenvalue weighted by Crippen LogP contribution is -2.49. The number of benzene rings is 1. The summed E-state index contributed by atoms with van der Waals surface area (Å²) in [6.07, 6.45) is 0.683. The number of anilines is 1. The number of ether oxygens (including phenoxy) is 1. The molecule has 0 bridgehead atoms. The Bertz CT molecular complexity index is 503. The number of aliphatic carboxylic acids is 1. The lowest BCUT2D eigenvalue weighted by atomic mass is 9.99. The molecule has 1 aromatic carbocycles. The number of para-hydroxylation sites is 2. The van der Waals surface area contributed by atoms with Gasteiger partial charge in [-0.25, -0.2) is 0 Å². The van der Waals surface area contributed by atoms with E-state index < -0.39 is 5.97 Å². The predicted molar refractivity (Wildman–Crippen MR) is 77.9 cm³/mol. The molecule has 1 aliphatic rings. The van der Waals surface area contributed by atoms with Crippen molar-refractivity contribution in [2.75, 3.05) is 11.4 Å². The van der Waals surface area contributed by atoms with Gasteiger partial charge in [0.15, 0.2) is 6.10 Å². The van der Waals surface area contributed by atoms with Crippen molar-refractivity contribution in [3.8, 4) is 5.75 Å². The third-order valence-corrected chi connectivity index (χ3v) is 3.83. The second-order valence-electron chi connectivity index (χ2n) is 4.71. The molecule has 5 heteroatoms. The van der Waals surface area contributed by atoms with Crippen LogP contribution in [-0.2, 0) is 4.79 Å². The third kappa shape index (κ3) is 2.71. The molecule has 102 valence electrons. The first kappa shape index (κ1) is 13.8. The first-order valence-electron chi connectivity index (χ1n) is 6.33. The van der Waals surface area contributed by atoms with E-state index in [0.29, 0.717) is 10.7 Å². The first-order chi connectivity index (χ1) is 9.04. The van der Waals surface area contributed by atoms with Crippen molar-refractivity contribution in [1.82, 2.24) is 0 Å². The summed E-state index contributed by atoms with van der Waals surface area (Å²) in [4.78, 5) is 13.2. The molecule has 2 unspecified atom stereocenters. The highest BCUT2D eigenvalue weighted by molar-refractivity contribution is 7.80. The molecule has 0 aliphatic carbocycles. The van der Waals surface area contributed by atoms with Crippen LogP contribution in [0.1, 0.15) is 20.3 Å². The van der Waals surface area contributed by atoms with Crippen molar-refractivity contribution in [3.63, 3.8) is 0 Å². The number of fused-ring (bicyclic) bond motifs is 1. The van der Waals surface area contributed by atoms with Crippen LogP contribution in [-0.4, -0.2) is 28.7 Å². The molecule has 0 saturated heterocycles. The summed E-state index contributed by atoms with van der Waals surface area (Å²) in [5.74, 6) is 0.0433. The Morgan fingerprint density at radius 3 is 2.84 bits per heavy atom. The maximum atomic E-state index is 11.0. The molecular formula is C14H17NO3S. The average molecular weight is 279 g/mol. The predicted octanol–water partition coefficient (Wildman–Crippen LogP) is 2.71. The van der Waals surface area contributed by atoms with Crippen LogP contribution in [0.5, 0.6) is 5.75 Å². The van der Waals surface area contributed by atoms with E-state index in [1.807, 2.05) is 24.3 Å². The molecule has 1 aliphatic heterocycles. The molecule has 0 fully saturated rings. The van der Waals surface area contributed by atoms with Crippen molar-refractivity contribution >= 4 is 28.9 Å². The van der Waals surface area contributed by atoms with Gasteiger partial charge in [-0.3, -0.25) is 4.79 Å². The molecular weight excluding hydrogens is 262 g/mol. The van der Waals surface area contributed by atoms with Crippen molar-refractivity contribution in [3.05, 3.63) is 24.3 Å². The van der Waals surface area contributed by atoms with Gasteiger partial charge < -0.3 is 14.7 Å². The van der Waals surface area contributed by atoms with E-state index in [4.69, 9.17) is 22.1 Å². The summed E-state index contributed by atoms with van der Waals surface area (Å²) in [5, 5.41) is 9.05. The molecule has 0 aromatic heterocycles. The summed E-state index contributed by atoms with van der Waals surface area (Å²) in [7, 11) is 0. The molecule has 2 atom stereocenters. The van der Waals surface area contributed by atoms with Crippen molar-refractivity contribution in [2.45, 2.75) is 26.4 Å². The number of nitrogens with zero attached hydrogens (tertiary/aromatic N) is 1. The van der Waals surface area contributed by atoms with Crippen LogP contribution in [0, 0.1) is 5.92 Å². The molecule has 2 rings (SSSR count). The normalized spacial score (nSPS) is 19.6. The minimum absolute atomic E-state index is 0.133. The SMILES string of the molecule is CCC(C)C1Oc2ccccc2N(CC(=O)O)C1=S. The minimum Gasteiger partial charge on any atom is -0.481 e. The van der Waals surface area contributed by atoms with E-state index in [2.05, 4.69) is 13.8 Å². The molecule has 0 saturated carbocycles. The molecule has 0 radical (unpaired) electrons. The van der Waals surface area contributed by atoms with Gasteiger partial charge >= 0.3 is 5.97 Å². The van der Waals surface area contributed by atoms with Crippen LogP contribution in [0.15, 0.2) is 24.3 Å². The fourth-order valence-corrected chi connectivity index (χ4v) is 2.55. The zero-order valence-corrected chi connectivity index (χ0v) is 11.8. The Balaban J connectivity index is 2.39. The van der Waals surface area contributed by atoms with Gasteiger partial charge in [0.25, 0.3) is 0 Å². The number of carboxylic acids is 1. The van der Waals surface area contributed by atoms with Crippen LogP contribution in [0.2, 0.25) is 0 Å². The van der Waals surface area contributed by atoms with E-state index in [-0.39, 0.29) is 18.6 Å². The molecule has 1 N–H and O–H groups in total. The minimum atomic E-state index is -0.901. The van der Waals surface area contributed by atoms with Crippen LogP contribution in [0.3, 0.4) is 0 Å². The van der Waals surface area contributed by atoms with Gasteiger partial charge in [-0.05, 0) is 24.5 Å². The zero-order chi connectivity index (χ0) is 14.0. The number of carbonyl (C=O) groups is 1. The summed E-state index contributed by atoms with van der Waals surface area (Å²) in [6.45, 7) is 3.99. The van der Waals surface area contributed by atoms with Crippen molar-refractivity contribution in [2.24, 2.45) is 5.92 Å². The summed E-state index contributed by atoms with van der Waals surface area (Å²) >= 11 is 5.42. The molecule has 4 nitrogen and oxygen atoms in total. The topological polar surface area (TPSA) is 49.8 Å². The van der Waals surface area contributed by atoms with Crippen LogP contribution >= 0.6 is 12.2 Å². The van der Waals surface area contributed by atoms with Gasteiger partial charge in [0.05, 0.1) is 5.69 Å². The Morgan fingerprint density at radius 2 is 2.21 bits per heavy atom. The number of hydrogen-bond donors (Lipinski definition) is 1. The number of carboxylic acid groups (broad SMARTS) is 1. The standard InChI is InChI=1S/C14H17NO3S/c1-3-9(2)13-14(19)15(8-12(16)17)10-6-4-5-7-11(10)18-13/h4-7,9,13H,3,8H2,1-2H3,(H,16,17). The lowest BCUT2D eigenvalue weighted by molar-refractivity contribution is -0.135. The Hall–Kier alpha value is -1.62. The highest BCUT2D eigenvalue weighted by Gasteiger charge is 2.34. The lowest BCUT2D eigenvalue weighted by Gasteiger charge is -2.38. The van der Waals surface area contributed by atoms with E-state index >= 15 is 0 Å². The van der Waals surface area contributed by atoms with E-state index in [1.54, 1.807) is 4.90 Å². The first-order valence-corrected chi connectivity index (χ1v) is 6.74. The van der Waals surface area contributed by atoms with Gasteiger partial charge in [0.2, 0.25) is 0 Å². The fraction of sp³-hybridized carbons (Fsp3) is 0.429. The van der Waals surface area contributed by atoms with Crippen LogP contribution in [0.4, 0.5) is 5.69 Å². The van der Waals surface area contributed by atoms with Gasteiger partial charge in [-0.1, -0.05) is 38.2 Å². The third-order valence-electron chi connectivity index (χ3n) is 3.37. The fourth-order valence-electron chi connectivity index (χ4n) is 2.11. The van der Waals surface area contributed by atoms with Gasteiger partial charge in [-0.2, -0.15) is 0 Å². The maximum absolute atomic E-state index is 11.0. The number of rotatable bonds is 4. The maximum Gasteiger partial charge on any atom is 0.323 e. The molecule has 0 spiro atoms. The highest BCUT2D eigenvalue weighted by Crippen LogP contribution is 2.36. The number of thiocarbonyl (C=S) groups is 1. The Kier molecular flexibility index (Phi) is 4.04. The number of hydrogen-bond acceptors (Lipinski definition) is 3. The second-order valence-corrected chi connectivity index (χ2v) is 5.13. The molecule has 0 amide bonds. The molecule has 19 heavy (non-hydrogen) atoms. The smallest absolute Gasteiger partial charge is 0.323 e. The molecule has 1 aromatic rings. The monoisotopic (exact) mass is 279 g/mol. The summed E-state index contributed by atoms with van der Waals surface area (Å²) < 4.78 is 5.93. The molecule has 1 heterocycles. The van der Waals surface area contributed by atoms with Crippen molar-refractivity contribution in [1.29, 1.82) is 0 Å². The van der Waals surface area contributed by atoms with E-state index in [9.17, 15) is 4.79 Å². The van der Waals surface area contributed by atoms with Crippen molar-refractivity contribution < 1.29 is 14.6 Å². The van der Waals surface area contributed by atoms with Gasteiger partial charge in [0, 0.05) is 0 Å². The van der Waals surface area contributed by atoms with Crippen LogP contribution < -0.4 is 9.64 Å². The Labute approximate surface area is 118 Å². The second kappa shape index (κ2) is 5.57. The van der Waals surface area contributed by atoms with E-state index in [1.165, 1.54) is 0 Å². The largest absolute Gasteiger partial charge is 0.481 e. The average Bonchev–Trinajstić information content (AvgIpc) is 2.40. The zero-order valence-electron chi connectivity index (χ0n) is 11.0. The van der Waals surface area contributed by atoms with Gasteiger partial charge in [-0.15, -0.1) is 0 Å². The van der Waals surface area contributed by atoms with E-state index in [0.717, 1.165) is 12.1 Å². The van der Waals surface area contributed by atoms with Crippen LogP contribution in [0.25, 0.3) is 0 Å². The summed E-state index contributed by atoms with van der Waals surface area (Å²) in [5.41, 5.74) is 0.731. The quantitative estimate of drug-likeness (QED) is 0.859. The summed E-state index contributed by atoms with van der Waals surface area (Å²) in [6, 6.07) is 7.40. The highest BCUT2D eigenvalue weighted by atomic mass is 32.1.